The van der Waals surface area contributed by atoms with Crippen molar-refractivity contribution < 1.29 is 19.1 Å². The van der Waals surface area contributed by atoms with E-state index in [4.69, 9.17) is 9.47 Å². The first-order chi connectivity index (χ1) is 11.4. The van der Waals surface area contributed by atoms with Crippen molar-refractivity contribution in [2.24, 2.45) is 4.99 Å². The van der Waals surface area contributed by atoms with Crippen molar-refractivity contribution in [2.75, 3.05) is 6.54 Å². The molecule has 0 saturated heterocycles. The van der Waals surface area contributed by atoms with Crippen LogP contribution < -0.4 is 10.6 Å². The molecule has 0 rings (SSSR count). The Kier molecular flexibility index (Phi) is 9.23. The molecule has 2 amide bonds. The van der Waals surface area contributed by atoms with E-state index >= 15 is 0 Å². The van der Waals surface area contributed by atoms with Gasteiger partial charge in [-0.05, 0) is 54.4 Å². The molecule has 144 valence electrons. The molecule has 7 heteroatoms. The topological polar surface area (TPSA) is 89.0 Å². The Balaban J connectivity index is 5.13. The van der Waals surface area contributed by atoms with E-state index in [0.717, 1.165) is 18.4 Å². The molecule has 0 atom stereocenters. The van der Waals surface area contributed by atoms with Gasteiger partial charge in [0.2, 0.25) is 5.96 Å². The molecule has 0 saturated carbocycles. The lowest BCUT2D eigenvalue weighted by Crippen LogP contribution is -2.44. The molecule has 0 aromatic carbocycles. The summed E-state index contributed by atoms with van der Waals surface area (Å²) in [6, 6.07) is 0. The maximum absolute atomic E-state index is 12.0. The second-order valence-corrected chi connectivity index (χ2v) is 7.55. The van der Waals surface area contributed by atoms with E-state index in [2.05, 4.69) is 21.7 Å². The van der Waals surface area contributed by atoms with Crippen molar-refractivity contribution >= 4 is 18.1 Å². The number of nitrogens with one attached hydrogen (secondary N) is 2. The second-order valence-electron chi connectivity index (χ2n) is 7.55. The van der Waals surface area contributed by atoms with Crippen molar-refractivity contribution in [3.63, 3.8) is 0 Å². The fraction of sp³-hybridized carbons (Fsp3) is 0.722. The molecule has 7 nitrogen and oxygen atoms in total. The van der Waals surface area contributed by atoms with Crippen LogP contribution in [0.4, 0.5) is 9.59 Å². The number of guanidine groups is 1. The minimum absolute atomic E-state index is 0.000969. The molecular weight excluding hydrogens is 322 g/mol. The predicted molar refractivity (Wildman–Crippen MR) is 99.7 cm³/mol. The zero-order valence-corrected chi connectivity index (χ0v) is 16.8. The Hall–Kier alpha value is -2.05. The first-order valence-corrected chi connectivity index (χ1v) is 8.59. The SMILES string of the molecule is CC/C=C(\CC)CN/C(=N/C(=O)OC(C)(C)C)NC(=O)OC(C)(C)C. The van der Waals surface area contributed by atoms with Gasteiger partial charge in [0.25, 0.3) is 0 Å². The summed E-state index contributed by atoms with van der Waals surface area (Å²) >= 11 is 0. The van der Waals surface area contributed by atoms with Crippen LogP contribution in [0.3, 0.4) is 0 Å². The van der Waals surface area contributed by atoms with Crippen molar-refractivity contribution in [1.29, 1.82) is 0 Å². The van der Waals surface area contributed by atoms with E-state index in [1.165, 1.54) is 0 Å². The number of hydrogen-bond acceptors (Lipinski definition) is 4. The third kappa shape index (κ3) is 13.0. The summed E-state index contributed by atoms with van der Waals surface area (Å²) in [5.41, 5.74) is -0.183. The Morgan fingerprint density at radius 3 is 2.00 bits per heavy atom. The monoisotopic (exact) mass is 355 g/mol. The van der Waals surface area contributed by atoms with E-state index in [-0.39, 0.29) is 5.96 Å². The van der Waals surface area contributed by atoms with Gasteiger partial charge in [-0.15, -0.1) is 4.99 Å². The first-order valence-electron chi connectivity index (χ1n) is 8.59. The summed E-state index contributed by atoms with van der Waals surface area (Å²) in [6.07, 6.45) is 2.37. The van der Waals surface area contributed by atoms with E-state index in [9.17, 15) is 9.59 Å². The number of rotatable bonds is 4. The van der Waals surface area contributed by atoms with Crippen molar-refractivity contribution in [2.45, 2.75) is 79.4 Å². The third-order valence-electron chi connectivity index (χ3n) is 2.65. The van der Waals surface area contributed by atoms with Crippen LogP contribution >= 0.6 is 0 Å². The lowest BCUT2D eigenvalue weighted by Gasteiger charge is -2.21. The van der Waals surface area contributed by atoms with Crippen LogP contribution in [-0.2, 0) is 9.47 Å². The molecule has 0 aliphatic rings. The maximum Gasteiger partial charge on any atom is 0.437 e. The van der Waals surface area contributed by atoms with E-state index in [1.807, 2.05) is 13.8 Å². The summed E-state index contributed by atoms with van der Waals surface area (Å²) in [5, 5.41) is 5.42. The van der Waals surface area contributed by atoms with Crippen LogP contribution in [0.2, 0.25) is 0 Å². The highest BCUT2D eigenvalue weighted by atomic mass is 16.6. The van der Waals surface area contributed by atoms with Gasteiger partial charge in [0.1, 0.15) is 11.2 Å². The summed E-state index contributed by atoms with van der Waals surface area (Å²) in [7, 11) is 0. The van der Waals surface area contributed by atoms with Gasteiger partial charge in [-0.3, -0.25) is 5.32 Å². The third-order valence-corrected chi connectivity index (χ3v) is 2.65. The average Bonchev–Trinajstić information content (AvgIpc) is 2.38. The number of amides is 2. The van der Waals surface area contributed by atoms with Crippen molar-refractivity contribution in [3.8, 4) is 0 Å². The number of carbonyl (C=O) groups is 2. The average molecular weight is 355 g/mol. The van der Waals surface area contributed by atoms with E-state index in [0.29, 0.717) is 6.54 Å². The highest BCUT2D eigenvalue weighted by molar-refractivity contribution is 5.98. The van der Waals surface area contributed by atoms with Gasteiger partial charge in [0.05, 0.1) is 0 Å². The molecule has 0 radical (unpaired) electrons. The lowest BCUT2D eigenvalue weighted by molar-refractivity contribution is 0.0560. The highest BCUT2D eigenvalue weighted by Crippen LogP contribution is 2.09. The molecule has 25 heavy (non-hydrogen) atoms. The first kappa shape index (κ1) is 22.9. The maximum atomic E-state index is 12.0. The van der Waals surface area contributed by atoms with Crippen LogP contribution in [0.25, 0.3) is 0 Å². The molecule has 0 heterocycles. The molecule has 0 unspecified atom stereocenters. The summed E-state index contributed by atoms with van der Waals surface area (Å²) < 4.78 is 10.4. The van der Waals surface area contributed by atoms with E-state index in [1.54, 1.807) is 41.5 Å². The lowest BCUT2D eigenvalue weighted by atomic mass is 10.2. The summed E-state index contributed by atoms with van der Waals surface area (Å²) in [5.74, 6) is -0.000969. The molecule has 0 spiro atoms. The van der Waals surface area contributed by atoms with Gasteiger partial charge in [0.15, 0.2) is 0 Å². The van der Waals surface area contributed by atoms with Gasteiger partial charge in [0, 0.05) is 6.54 Å². The Labute approximate surface area is 151 Å². The van der Waals surface area contributed by atoms with Gasteiger partial charge >= 0.3 is 12.2 Å². The van der Waals surface area contributed by atoms with Crippen LogP contribution in [0, 0.1) is 0 Å². The number of aliphatic imine (C=N–C) groups is 1. The van der Waals surface area contributed by atoms with Crippen LogP contribution in [-0.4, -0.2) is 35.9 Å². The highest BCUT2D eigenvalue weighted by Gasteiger charge is 2.20. The number of carbonyl (C=O) groups excluding carboxylic acids is 2. The van der Waals surface area contributed by atoms with Crippen LogP contribution in [0.1, 0.15) is 68.2 Å². The fourth-order valence-corrected chi connectivity index (χ4v) is 1.72. The predicted octanol–water partition coefficient (Wildman–Crippen LogP) is 4.14. The van der Waals surface area contributed by atoms with Gasteiger partial charge < -0.3 is 14.8 Å². The summed E-state index contributed by atoms with van der Waals surface area (Å²) in [6.45, 7) is 15.0. The minimum atomic E-state index is -0.788. The molecule has 0 bridgehead atoms. The molecule has 0 aromatic heterocycles. The van der Waals surface area contributed by atoms with Gasteiger partial charge in [-0.2, -0.15) is 0 Å². The molecule has 0 aliphatic heterocycles. The van der Waals surface area contributed by atoms with Gasteiger partial charge in [-0.25, -0.2) is 9.59 Å². The second kappa shape index (κ2) is 10.1. The van der Waals surface area contributed by atoms with Crippen molar-refractivity contribution in [3.05, 3.63) is 11.6 Å². The fourth-order valence-electron chi connectivity index (χ4n) is 1.72. The molecule has 2 N–H and O–H groups in total. The van der Waals surface area contributed by atoms with E-state index < -0.39 is 23.4 Å². The number of nitrogens with zero attached hydrogens (tertiary/aromatic N) is 1. The smallest absolute Gasteiger partial charge is 0.437 e. The van der Waals surface area contributed by atoms with Crippen LogP contribution in [0.15, 0.2) is 16.6 Å². The molecule has 0 aliphatic carbocycles. The zero-order chi connectivity index (χ0) is 19.7. The Morgan fingerprint density at radius 1 is 1.00 bits per heavy atom. The number of ether oxygens (including phenoxy) is 2. The van der Waals surface area contributed by atoms with Crippen molar-refractivity contribution in [1.82, 2.24) is 10.6 Å². The standard InChI is InChI=1S/C18H33N3O4/c1-9-11-13(10-2)12-19-14(20-15(22)24-17(3,4)5)21-16(23)25-18(6,7)8/h11H,9-10,12H2,1-8H3,(H2,19,20,21,22,23)/b13-11+. The molecular formula is C18H33N3O4. The molecule has 0 aromatic rings. The van der Waals surface area contributed by atoms with Crippen LogP contribution in [0.5, 0.6) is 0 Å². The largest absolute Gasteiger partial charge is 0.444 e. The zero-order valence-electron chi connectivity index (χ0n) is 16.8. The number of hydrogen-bond donors (Lipinski definition) is 2. The molecule has 0 fully saturated rings. The minimum Gasteiger partial charge on any atom is -0.444 e. The quantitative estimate of drug-likeness (QED) is 0.449. The van der Waals surface area contributed by atoms with Gasteiger partial charge in [-0.1, -0.05) is 25.5 Å². The summed E-state index contributed by atoms with van der Waals surface area (Å²) in [4.78, 5) is 27.7. The Morgan fingerprint density at radius 2 is 1.56 bits per heavy atom. The normalized spacial score (nSPS) is 13.3. The Bertz CT molecular complexity index is 511. The number of allylic oxidation sites excluding steroid dienone is 1. The number of alkyl carbamates (subject to hydrolysis) is 1.